The summed E-state index contributed by atoms with van der Waals surface area (Å²) in [6.07, 6.45) is 12.4. The summed E-state index contributed by atoms with van der Waals surface area (Å²) in [5, 5.41) is 0. The van der Waals surface area contributed by atoms with Crippen molar-refractivity contribution in [1.29, 1.82) is 0 Å². The molecule has 1 fully saturated rings. The van der Waals surface area contributed by atoms with Gasteiger partial charge in [-0.1, -0.05) is 46.4 Å². The molecule has 2 aliphatic carbocycles. The van der Waals surface area contributed by atoms with E-state index in [0.717, 1.165) is 6.42 Å². The molecule has 1 atom stereocenters. The highest BCUT2D eigenvalue weighted by Crippen LogP contribution is 2.55. The van der Waals surface area contributed by atoms with Crippen molar-refractivity contribution >= 4 is 7.92 Å². The summed E-state index contributed by atoms with van der Waals surface area (Å²) in [6, 6.07) is 0. The molecular weight excluding hydrogens is 321 g/mol. The van der Waals surface area contributed by atoms with Crippen LogP contribution in [-0.4, -0.2) is 24.1 Å². The van der Waals surface area contributed by atoms with Gasteiger partial charge in [-0.2, -0.15) is 0 Å². The second-order valence-corrected chi connectivity index (χ2v) is 10.6. The normalized spacial score (nSPS) is 31.2. The van der Waals surface area contributed by atoms with Crippen LogP contribution in [0.2, 0.25) is 0 Å². The lowest BCUT2D eigenvalue weighted by atomic mass is 9.66. The van der Waals surface area contributed by atoms with Gasteiger partial charge in [0.15, 0.2) is 0 Å². The molecule has 0 N–H and O–H groups in total. The van der Waals surface area contributed by atoms with E-state index in [1.165, 1.54) is 34.9 Å². The maximum atomic E-state index is 3.32. The van der Waals surface area contributed by atoms with Crippen LogP contribution in [0, 0.1) is 11.3 Å². The zero-order valence-corrected chi connectivity index (χ0v) is 17.8. The van der Waals surface area contributed by atoms with Crippen LogP contribution in [0.1, 0.15) is 48.0 Å². The average Bonchev–Trinajstić information content (AvgIpc) is 2.50. The second-order valence-electron chi connectivity index (χ2n) is 8.35. The molecule has 0 radical (unpaired) electrons. The largest absolute Gasteiger partial charge is 0.366 e. The lowest BCUT2D eigenvalue weighted by molar-refractivity contribution is 0.304. The Bertz CT molecular complexity index is 760. The Morgan fingerprint density at radius 1 is 1.20 bits per heavy atom. The first-order valence-corrected chi connectivity index (χ1v) is 11.6. The molecule has 3 rings (SSSR count). The SMILES string of the molecule is CC1=C(N2CP(C)C2)C(C)(C)C(C)=C(C2=C(\C)C=C=CC/C=C\2)C1C. The van der Waals surface area contributed by atoms with Crippen molar-refractivity contribution in [2.24, 2.45) is 11.3 Å². The summed E-state index contributed by atoms with van der Waals surface area (Å²) >= 11 is 0. The van der Waals surface area contributed by atoms with Gasteiger partial charge in [0, 0.05) is 29.6 Å². The molecule has 0 aromatic carbocycles. The van der Waals surface area contributed by atoms with Crippen LogP contribution in [0.5, 0.6) is 0 Å². The van der Waals surface area contributed by atoms with Crippen molar-refractivity contribution in [2.75, 3.05) is 19.2 Å². The molecule has 0 bridgehead atoms. The quantitative estimate of drug-likeness (QED) is 0.400. The third-order valence-electron chi connectivity index (χ3n) is 6.20. The lowest BCUT2D eigenvalue weighted by Crippen LogP contribution is -2.43. The van der Waals surface area contributed by atoms with Crippen molar-refractivity contribution in [1.82, 2.24) is 4.90 Å². The molecule has 25 heavy (non-hydrogen) atoms. The average molecular weight is 353 g/mol. The Hall–Kier alpha value is -1.29. The van der Waals surface area contributed by atoms with E-state index in [-0.39, 0.29) is 13.3 Å². The Morgan fingerprint density at radius 3 is 2.52 bits per heavy atom. The van der Waals surface area contributed by atoms with Gasteiger partial charge in [0.25, 0.3) is 0 Å². The van der Waals surface area contributed by atoms with Crippen LogP contribution in [0.3, 0.4) is 0 Å². The van der Waals surface area contributed by atoms with E-state index < -0.39 is 0 Å². The van der Waals surface area contributed by atoms with Crippen molar-refractivity contribution in [3.8, 4) is 0 Å². The Kier molecular flexibility index (Phi) is 5.02. The van der Waals surface area contributed by atoms with E-state index in [1.54, 1.807) is 11.3 Å². The van der Waals surface area contributed by atoms with E-state index >= 15 is 0 Å². The molecule has 0 spiro atoms. The highest BCUT2D eigenvalue weighted by Gasteiger charge is 2.42. The first-order valence-electron chi connectivity index (χ1n) is 9.39. The zero-order valence-electron chi connectivity index (χ0n) is 16.9. The summed E-state index contributed by atoms with van der Waals surface area (Å²) in [5.74, 6) is 0.470. The van der Waals surface area contributed by atoms with E-state index in [1.807, 2.05) is 0 Å². The van der Waals surface area contributed by atoms with E-state index in [0.29, 0.717) is 5.92 Å². The van der Waals surface area contributed by atoms with Gasteiger partial charge in [-0.05, 0) is 68.3 Å². The van der Waals surface area contributed by atoms with Crippen LogP contribution in [0.15, 0.2) is 63.6 Å². The zero-order chi connectivity index (χ0) is 18.4. The summed E-state index contributed by atoms with van der Waals surface area (Å²) in [5.41, 5.74) is 12.3. The van der Waals surface area contributed by atoms with Crippen LogP contribution in [0.25, 0.3) is 0 Å². The van der Waals surface area contributed by atoms with Crippen LogP contribution >= 0.6 is 7.92 Å². The first kappa shape index (κ1) is 18.5. The maximum Gasteiger partial charge on any atom is 0.0392 e. The smallest absolute Gasteiger partial charge is 0.0392 e. The van der Waals surface area contributed by atoms with Crippen molar-refractivity contribution < 1.29 is 0 Å². The van der Waals surface area contributed by atoms with Gasteiger partial charge in [0.05, 0.1) is 0 Å². The first-order chi connectivity index (χ1) is 11.7. The lowest BCUT2D eigenvalue weighted by Gasteiger charge is -2.51. The molecule has 0 aromatic rings. The number of hydrogen-bond acceptors (Lipinski definition) is 1. The topological polar surface area (TPSA) is 3.24 Å². The van der Waals surface area contributed by atoms with Crippen LogP contribution in [-0.2, 0) is 0 Å². The Balaban J connectivity index is 2.12. The minimum Gasteiger partial charge on any atom is -0.366 e. The van der Waals surface area contributed by atoms with Crippen molar-refractivity contribution in [2.45, 2.75) is 48.0 Å². The van der Waals surface area contributed by atoms with Crippen LogP contribution in [0.4, 0.5) is 0 Å². The molecule has 1 heterocycles. The van der Waals surface area contributed by atoms with Gasteiger partial charge in [-0.15, -0.1) is 5.73 Å². The van der Waals surface area contributed by atoms with Gasteiger partial charge < -0.3 is 4.90 Å². The highest BCUT2D eigenvalue weighted by atomic mass is 31.1. The van der Waals surface area contributed by atoms with Gasteiger partial charge in [0.1, 0.15) is 0 Å². The summed E-state index contributed by atoms with van der Waals surface area (Å²) in [7, 11) is 0.231. The molecule has 2 heteroatoms. The minimum atomic E-state index is 0.103. The monoisotopic (exact) mass is 353 g/mol. The Morgan fingerprint density at radius 2 is 1.88 bits per heavy atom. The van der Waals surface area contributed by atoms with Crippen LogP contribution < -0.4 is 0 Å². The molecule has 1 unspecified atom stereocenters. The van der Waals surface area contributed by atoms with Crippen molar-refractivity contribution in [3.63, 3.8) is 0 Å². The molecule has 0 amide bonds. The Labute approximate surface area is 155 Å². The predicted octanol–water partition coefficient (Wildman–Crippen LogP) is 6.58. The van der Waals surface area contributed by atoms with Gasteiger partial charge >= 0.3 is 0 Å². The molecule has 1 aliphatic heterocycles. The van der Waals surface area contributed by atoms with Gasteiger partial charge in [-0.3, -0.25) is 0 Å². The highest BCUT2D eigenvalue weighted by molar-refractivity contribution is 7.58. The predicted molar refractivity (Wildman–Crippen MR) is 112 cm³/mol. The summed E-state index contributed by atoms with van der Waals surface area (Å²) in [6.45, 7) is 16.6. The summed E-state index contributed by atoms with van der Waals surface area (Å²) < 4.78 is 0. The molecule has 3 aliphatic rings. The maximum absolute atomic E-state index is 3.32. The fraction of sp³-hybridized carbons (Fsp3) is 0.522. The van der Waals surface area contributed by atoms with Gasteiger partial charge in [-0.25, -0.2) is 0 Å². The molecule has 0 aromatic heterocycles. The minimum absolute atomic E-state index is 0.103. The molecule has 1 nitrogen and oxygen atoms in total. The molecular formula is C23H32NP. The number of nitrogens with zero attached hydrogens (tertiary/aromatic N) is 1. The number of hydrogen-bond donors (Lipinski definition) is 0. The van der Waals surface area contributed by atoms with Gasteiger partial charge in [0.2, 0.25) is 0 Å². The number of rotatable bonds is 2. The van der Waals surface area contributed by atoms with E-state index in [2.05, 4.69) is 83.1 Å². The van der Waals surface area contributed by atoms with E-state index in [4.69, 9.17) is 0 Å². The van der Waals surface area contributed by atoms with Crippen molar-refractivity contribution in [3.05, 3.63) is 63.6 Å². The third-order valence-corrected chi connectivity index (χ3v) is 7.85. The second kappa shape index (κ2) is 6.79. The fourth-order valence-corrected chi connectivity index (χ4v) is 5.90. The molecule has 134 valence electrons. The number of allylic oxidation sites excluding steroid dienone is 8. The standard InChI is InChI=1S/C23H32NP/c1-16-12-10-8-9-11-13-20(16)21-17(2)18(3)22(23(5,6)19(21)4)24-14-25(7)15-24/h8,11-13,17H,9,14-15H2,1-7H3/b13-11-,20-16+. The third kappa shape index (κ3) is 3.14. The van der Waals surface area contributed by atoms with E-state index in [9.17, 15) is 0 Å². The molecule has 0 saturated carbocycles. The molecule has 1 saturated heterocycles. The summed E-state index contributed by atoms with van der Waals surface area (Å²) in [4.78, 5) is 2.65. The fourth-order valence-electron chi connectivity index (χ4n) is 4.53.